The zero-order valence-electron chi connectivity index (χ0n) is 14.9. The van der Waals surface area contributed by atoms with E-state index in [0.717, 1.165) is 6.42 Å². The van der Waals surface area contributed by atoms with Gasteiger partial charge >= 0.3 is 5.97 Å². The minimum Gasteiger partial charge on any atom is -0.468 e. The first-order valence-electron chi connectivity index (χ1n) is 8.64. The van der Waals surface area contributed by atoms with Gasteiger partial charge in [0.05, 0.1) is 17.7 Å². The molecule has 0 unspecified atom stereocenters. The molecule has 28 heavy (non-hydrogen) atoms. The Morgan fingerprint density at radius 1 is 1.21 bits per heavy atom. The van der Waals surface area contributed by atoms with E-state index in [9.17, 15) is 18.0 Å². The SMILES string of the molecule is O=C(COC(=O)[C@@H]1CCCO1)Nc1cccc(S(=O)(=O)NCc2ccco2)c1. The van der Waals surface area contributed by atoms with Crippen LogP contribution in [0.1, 0.15) is 18.6 Å². The molecule has 1 aliphatic rings. The van der Waals surface area contributed by atoms with Crippen molar-refractivity contribution in [1.82, 2.24) is 4.72 Å². The molecule has 1 saturated heterocycles. The second-order valence-electron chi connectivity index (χ2n) is 6.09. The molecule has 0 aliphatic carbocycles. The number of carbonyl (C=O) groups excluding carboxylic acids is 2. The molecule has 0 saturated carbocycles. The van der Waals surface area contributed by atoms with E-state index in [-0.39, 0.29) is 17.1 Å². The minimum atomic E-state index is -3.79. The van der Waals surface area contributed by atoms with Gasteiger partial charge in [0.1, 0.15) is 5.76 Å². The van der Waals surface area contributed by atoms with Gasteiger partial charge in [-0.25, -0.2) is 17.9 Å². The van der Waals surface area contributed by atoms with Gasteiger partial charge in [0.15, 0.2) is 12.7 Å². The van der Waals surface area contributed by atoms with Crippen molar-refractivity contribution in [3.63, 3.8) is 0 Å². The fraction of sp³-hybridized carbons (Fsp3) is 0.333. The van der Waals surface area contributed by atoms with E-state index in [1.54, 1.807) is 12.1 Å². The molecule has 10 heteroatoms. The standard InChI is InChI=1S/C18H20N2O7S/c21-17(12-27-18(22)16-7-3-9-26-16)20-13-4-1-6-15(10-13)28(23,24)19-11-14-5-2-8-25-14/h1-2,4-6,8,10,16,19H,3,7,9,11-12H2,(H,20,21)/t16-/m0/s1. The van der Waals surface area contributed by atoms with Crippen molar-refractivity contribution in [1.29, 1.82) is 0 Å². The molecule has 0 radical (unpaired) electrons. The molecule has 3 rings (SSSR count). The number of rotatable bonds is 8. The molecule has 2 aromatic rings. The van der Waals surface area contributed by atoms with Crippen molar-refractivity contribution in [2.24, 2.45) is 0 Å². The summed E-state index contributed by atoms with van der Waals surface area (Å²) in [6.07, 6.45) is 2.18. The van der Waals surface area contributed by atoms with Gasteiger partial charge in [-0.05, 0) is 43.2 Å². The zero-order chi connectivity index (χ0) is 20.0. The van der Waals surface area contributed by atoms with Crippen LogP contribution in [0.3, 0.4) is 0 Å². The number of sulfonamides is 1. The van der Waals surface area contributed by atoms with Crippen LogP contribution in [0.2, 0.25) is 0 Å². The molecule has 2 heterocycles. The summed E-state index contributed by atoms with van der Waals surface area (Å²) in [5.74, 6) is -0.684. The molecule has 1 aromatic heterocycles. The first kappa shape index (κ1) is 20.1. The van der Waals surface area contributed by atoms with Crippen molar-refractivity contribution in [2.45, 2.75) is 30.4 Å². The van der Waals surface area contributed by atoms with Gasteiger partial charge in [0.25, 0.3) is 5.91 Å². The largest absolute Gasteiger partial charge is 0.468 e. The van der Waals surface area contributed by atoms with E-state index in [0.29, 0.717) is 18.8 Å². The van der Waals surface area contributed by atoms with Crippen molar-refractivity contribution >= 4 is 27.6 Å². The Kier molecular flexibility index (Phi) is 6.45. The molecular formula is C18H20N2O7S. The summed E-state index contributed by atoms with van der Waals surface area (Å²) in [6, 6.07) is 9.05. The minimum absolute atomic E-state index is 0.00507. The lowest BCUT2D eigenvalue weighted by atomic mass is 10.2. The molecule has 1 fully saturated rings. The molecule has 1 atom stereocenters. The fourth-order valence-electron chi connectivity index (χ4n) is 2.59. The first-order valence-corrected chi connectivity index (χ1v) is 10.1. The summed E-state index contributed by atoms with van der Waals surface area (Å²) in [7, 11) is -3.79. The van der Waals surface area contributed by atoms with Crippen LogP contribution >= 0.6 is 0 Å². The normalized spacial score (nSPS) is 16.6. The van der Waals surface area contributed by atoms with Crippen molar-refractivity contribution in [2.75, 3.05) is 18.5 Å². The summed E-state index contributed by atoms with van der Waals surface area (Å²) in [5.41, 5.74) is 0.263. The topological polar surface area (TPSA) is 124 Å². The predicted molar refractivity (Wildman–Crippen MR) is 97.7 cm³/mol. The van der Waals surface area contributed by atoms with Gasteiger partial charge in [0.2, 0.25) is 10.0 Å². The highest BCUT2D eigenvalue weighted by Gasteiger charge is 2.25. The van der Waals surface area contributed by atoms with E-state index < -0.39 is 34.6 Å². The highest BCUT2D eigenvalue weighted by Crippen LogP contribution is 2.16. The quantitative estimate of drug-likeness (QED) is 0.633. The Morgan fingerprint density at radius 3 is 2.79 bits per heavy atom. The second-order valence-corrected chi connectivity index (χ2v) is 7.86. The van der Waals surface area contributed by atoms with Gasteiger partial charge in [-0.15, -0.1) is 0 Å². The summed E-state index contributed by atoms with van der Waals surface area (Å²) >= 11 is 0. The van der Waals surface area contributed by atoms with Crippen LogP contribution < -0.4 is 10.0 Å². The maximum Gasteiger partial charge on any atom is 0.335 e. The van der Waals surface area contributed by atoms with Crippen molar-refractivity contribution < 1.29 is 31.9 Å². The lowest BCUT2D eigenvalue weighted by molar-refractivity contribution is -0.156. The Balaban J connectivity index is 1.54. The summed E-state index contributed by atoms with van der Waals surface area (Å²) < 4.78 is 42.4. The third-order valence-electron chi connectivity index (χ3n) is 3.98. The second kappa shape index (κ2) is 9.00. The predicted octanol–water partition coefficient (Wildman–Crippen LogP) is 1.42. The van der Waals surface area contributed by atoms with Crippen LogP contribution in [0.15, 0.2) is 52.0 Å². The van der Waals surface area contributed by atoms with Crippen LogP contribution in [0.5, 0.6) is 0 Å². The van der Waals surface area contributed by atoms with Gasteiger partial charge in [-0.2, -0.15) is 0 Å². The van der Waals surface area contributed by atoms with E-state index in [1.165, 1.54) is 30.5 Å². The number of amides is 1. The third-order valence-corrected chi connectivity index (χ3v) is 5.38. The summed E-state index contributed by atoms with van der Waals surface area (Å²) in [6.45, 7) is 0.0265. The van der Waals surface area contributed by atoms with E-state index >= 15 is 0 Å². The van der Waals surface area contributed by atoms with Crippen LogP contribution in [-0.2, 0) is 35.6 Å². The average molecular weight is 408 g/mol. The van der Waals surface area contributed by atoms with Crippen LogP contribution in [0, 0.1) is 0 Å². The monoisotopic (exact) mass is 408 g/mol. The average Bonchev–Trinajstić information content (AvgIpc) is 3.38. The van der Waals surface area contributed by atoms with E-state index in [4.69, 9.17) is 13.9 Å². The van der Waals surface area contributed by atoms with Crippen molar-refractivity contribution in [3.05, 3.63) is 48.4 Å². The van der Waals surface area contributed by atoms with Crippen LogP contribution in [-0.4, -0.2) is 39.6 Å². The first-order chi connectivity index (χ1) is 13.4. The van der Waals surface area contributed by atoms with E-state index in [1.807, 2.05) is 0 Å². The molecule has 150 valence electrons. The fourth-order valence-corrected chi connectivity index (χ4v) is 3.63. The molecule has 9 nitrogen and oxygen atoms in total. The highest BCUT2D eigenvalue weighted by atomic mass is 32.2. The molecule has 1 amide bonds. The number of benzene rings is 1. The molecule has 1 aliphatic heterocycles. The number of ether oxygens (including phenoxy) is 2. The lowest BCUT2D eigenvalue weighted by Gasteiger charge is -2.11. The number of hydrogen-bond acceptors (Lipinski definition) is 7. The number of carbonyl (C=O) groups is 2. The van der Waals surface area contributed by atoms with Gasteiger partial charge in [-0.3, -0.25) is 4.79 Å². The maximum atomic E-state index is 12.4. The number of furan rings is 1. The highest BCUT2D eigenvalue weighted by molar-refractivity contribution is 7.89. The summed E-state index contributed by atoms with van der Waals surface area (Å²) in [4.78, 5) is 23.7. The molecule has 0 spiro atoms. The number of esters is 1. The van der Waals surface area contributed by atoms with Crippen LogP contribution in [0.4, 0.5) is 5.69 Å². The number of anilines is 1. The van der Waals surface area contributed by atoms with Gasteiger partial charge in [0, 0.05) is 12.3 Å². The lowest BCUT2D eigenvalue weighted by Crippen LogP contribution is -2.27. The summed E-state index contributed by atoms with van der Waals surface area (Å²) in [5, 5.41) is 2.50. The third kappa shape index (κ3) is 5.41. The smallest absolute Gasteiger partial charge is 0.335 e. The maximum absolute atomic E-state index is 12.4. The molecule has 0 bridgehead atoms. The number of nitrogens with one attached hydrogen (secondary N) is 2. The van der Waals surface area contributed by atoms with E-state index in [2.05, 4.69) is 10.0 Å². The Labute approximate surface area is 162 Å². The Bertz CT molecular complexity index is 919. The number of hydrogen-bond donors (Lipinski definition) is 2. The Morgan fingerprint density at radius 2 is 2.07 bits per heavy atom. The zero-order valence-corrected chi connectivity index (χ0v) is 15.7. The molecular weight excluding hydrogens is 388 g/mol. The molecule has 1 aromatic carbocycles. The van der Waals surface area contributed by atoms with Crippen LogP contribution in [0.25, 0.3) is 0 Å². The van der Waals surface area contributed by atoms with Gasteiger partial charge < -0.3 is 19.2 Å². The van der Waals surface area contributed by atoms with Gasteiger partial charge in [-0.1, -0.05) is 6.07 Å². The Hall–Kier alpha value is -2.69. The molecule has 2 N–H and O–H groups in total. The van der Waals surface area contributed by atoms with Crippen molar-refractivity contribution in [3.8, 4) is 0 Å².